The molecule has 1 unspecified atom stereocenters. The van der Waals surface area contributed by atoms with Gasteiger partial charge in [0, 0.05) is 25.0 Å². The van der Waals surface area contributed by atoms with Gasteiger partial charge in [0.25, 0.3) is 0 Å². The molecule has 1 aromatic heterocycles. The molecule has 0 aliphatic rings. The minimum absolute atomic E-state index is 0.198. The second-order valence-electron chi connectivity index (χ2n) is 5.20. The molecule has 3 nitrogen and oxygen atoms in total. The molecular weight excluding hydrogens is 248 g/mol. The van der Waals surface area contributed by atoms with Crippen LogP contribution in [0.3, 0.4) is 0 Å². The lowest BCUT2D eigenvalue weighted by Crippen LogP contribution is -2.18. The third kappa shape index (κ3) is 4.35. The van der Waals surface area contributed by atoms with E-state index in [0.717, 1.165) is 12.3 Å². The molecule has 0 saturated heterocycles. The summed E-state index contributed by atoms with van der Waals surface area (Å²) in [5.41, 5.74) is 2.42. The number of nitrogens with one attached hydrogen (secondary N) is 1. The van der Waals surface area contributed by atoms with Crippen molar-refractivity contribution >= 4 is 0 Å². The first-order valence-electron chi connectivity index (χ1n) is 7.04. The molecule has 0 amide bonds. The fourth-order valence-corrected chi connectivity index (χ4v) is 2.02. The normalized spacial score (nSPS) is 12.4. The number of ether oxygens (including phenoxy) is 1. The molecular formula is C17H22N2O. The fraction of sp³-hybridized carbons (Fsp3) is 0.353. The van der Waals surface area contributed by atoms with Crippen LogP contribution in [0.25, 0.3) is 0 Å². The molecule has 0 bridgehead atoms. The summed E-state index contributed by atoms with van der Waals surface area (Å²) in [4.78, 5) is 4.12. The Balaban J connectivity index is 1.96. The van der Waals surface area contributed by atoms with Gasteiger partial charge in [0.05, 0.1) is 6.10 Å². The first-order valence-corrected chi connectivity index (χ1v) is 7.04. The second kappa shape index (κ2) is 7.06. The van der Waals surface area contributed by atoms with Crippen molar-refractivity contribution in [3.8, 4) is 5.75 Å². The molecule has 1 heterocycles. The zero-order valence-corrected chi connectivity index (χ0v) is 12.3. The molecule has 3 heteroatoms. The topological polar surface area (TPSA) is 34.1 Å². The summed E-state index contributed by atoms with van der Waals surface area (Å²) in [6, 6.07) is 12.6. The maximum atomic E-state index is 5.73. The highest BCUT2D eigenvalue weighted by atomic mass is 16.5. The largest absolute Gasteiger partial charge is 0.491 e. The van der Waals surface area contributed by atoms with Gasteiger partial charge in [-0.1, -0.05) is 18.2 Å². The number of rotatable bonds is 6. The Hall–Kier alpha value is -1.87. The average Bonchev–Trinajstić information content (AvgIpc) is 2.45. The van der Waals surface area contributed by atoms with E-state index in [1.807, 2.05) is 38.2 Å². The van der Waals surface area contributed by atoms with Crippen LogP contribution < -0.4 is 10.1 Å². The lowest BCUT2D eigenvalue weighted by Gasteiger charge is -2.16. The summed E-state index contributed by atoms with van der Waals surface area (Å²) in [5, 5.41) is 3.50. The third-order valence-electron chi connectivity index (χ3n) is 3.07. The van der Waals surface area contributed by atoms with Gasteiger partial charge in [-0.05, 0) is 50.1 Å². The van der Waals surface area contributed by atoms with Crippen LogP contribution >= 0.6 is 0 Å². The van der Waals surface area contributed by atoms with Crippen LogP contribution in [-0.4, -0.2) is 11.1 Å². The van der Waals surface area contributed by atoms with Gasteiger partial charge in [0.15, 0.2) is 0 Å². The molecule has 1 N–H and O–H groups in total. The molecule has 106 valence electrons. The fourth-order valence-electron chi connectivity index (χ4n) is 2.02. The second-order valence-corrected chi connectivity index (χ2v) is 5.20. The van der Waals surface area contributed by atoms with E-state index in [9.17, 15) is 0 Å². The molecule has 1 aromatic carbocycles. The molecule has 0 aliphatic carbocycles. The van der Waals surface area contributed by atoms with Crippen LogP contribution in [0.2, 0.25) is 0 Å². The number of benzene rings is 1. The van der Waals surface area contributed by atoms with Crippen LogP contribution in [-0.2, 0) is 6.54 Å². The van der Waals surface area contributed by atoms with Crippen LogP contribution in [0.5, 0.6) is 5.75 Å². The monoisotopic (exact) mass is 270 g/mol. The van der Waals surface area contributed by atoms with Gasteiger partial charge < -0.3 is 10.1 Å². The molecule has 2 aromatic rings. The van der Waals surface area contributed by atoms with Crippen molar-refractivity contribution in [2.24, 2.45) is 0 Å². The van der Waals surface area contributed by atoms with E-state index in [1.54, 1.807) is 6.20 Å². The van der Waals surface area contributed by atoms with Crippen molar-refractivity contribution in [2.75, 3.05) is 0 Å². The molecule has 0 aliphatic heterocycles. The first-order chi connectivity index (χ1) is 9.65. The highest BCUT2D eigenvalue weighted by Gasteiger charge is 2.07. The average molecular weight is 270 g/mol. The number of hydrogen-bond acceptors (Lipinski definition) is 3. The van der Waals surface area contributed by atoms with E-state index in [4.69, 9.17) is 4.74 Å². The van der Waals surface area contributed by atoms with E-state index < -0.39 is 0 Å². The molecule has 1 atom stereocenters. The van der Waals surface area contributed by atoms with Gasteiger partial charge >= 0.3 is 0 Å². The van der Waals surface area contributed by atoms with Gasteiger partial charge in [0.2, 0.25) is 0 Å². The number of hydrogen-bond donors (Lipinski definition) is 1. The number of aromatic nitrogens is 1. The minimum Gasteiger partial charge on any atom is -0.491 e. The van der Waals surface area contributed by atoms with Gasteiger partial charge in [-0.25, -0.2) is 0 Å². The SMILES string of the molecule is CC(C)Oc1cccc(C(C)NCc2cccnc2)c1. The molecule has 0 spiro atoms. The lowest BCUT2D eigenvalue weighted by molar-refractivity contribution is 0.242. The van der Waals surface area contributed by atoms with Crippen molar-refractivity contribution in [1.82, 2.24) is 10.3 Å². The van der Waals surface area contributed by atoms with Crippen LogP contribution in [0.15, 0.2) is 48.8 Å². The Labute approximate surface area is 121 Å². The summed E-state index contributed by atoms with van der Waals surface area (Å²) >= 11 is 0. The van der Waals surface area contributed by atoms with E-state index in [2.05, 4.69) is 35.4 Å². The van der Waals surface area contributed by atoms with Crippen molar-refractivity contribution < 1.29 is 4.74 Å². The minimum atomic E-state index is 0.198. The summed E-state index contributed by atoms with van der Waals surface area (Å²) < 4.78 is 5.73. The van der Waals surface area contributed by atoms with Crippen molar-refractivity contribution in [1.29, 1.82) is 0 Å². The molecule has 20 heavy (non-hydrogen) atoms. The quantitative estimate of drug-likeness (QED) is 0.868. The van der Waals surface area contributed by atoms with Crippen molar-refractivity contribution in [2.45, 2.75) is 39.5 Å². The number of pyridine rings is 1. The summed E-state index contributed by atoms with van der Waals surface area (Å²) in [5.74, 6) is 0.924. The van der Waals surface area contributed by atoms with E-state index >= 15 is 0 Å². The molecule has 0 radical (unpaired) electrons. The maximum Gasteiger partial charge on any atom is 0.120 e. The maximum absolute atomic E-state index is 5.73. The smallest absolute Gasteiger partial charge is 0.120 e. The molecule has 0 saturated carbocycles. The summed E-state index contributed by atoms with van der Waals surface area (Å²) in [7, 11) is 0. The number of nitrogens with zero attached hydrogens (tertiary/aromatic N) is 1. The Morgan fingerprint density at radius 2 is 2.00 bits per heavy atom. The molecule has 2 rings (SSSR count). The Kier molecular flexibility index (Phi) is 5.13. The van der Waals surface area contributed by atoms with Crippen LogP contribution in [0.4, 0.5) is 0 Å². The predicted molar refractivity (Wildman–Crippen MR) is 81.7 cm³/mol. The summed E-state index contributed by atoms with van der Waals surface area (Å²) in [6.07, 6.45) is 3.88. The highest BCUT2D eigenvalue weighted by Crippen LogP contribution is 2.20. The van der Waals surface area contributed by atoms with Crippen LogP contribution in [0, 0.1) is 0 Å². The van der Waals surface area contributed by atoms with Gasteiger partial charge in [-0.3, -0.25) is 4.98 Å². The zero-order valence-electron chi connectivity index (χ0n) is 12.3. The van der Waals surface area contributed by atoms with Crippen molar-refractivity contribution in [3.05, 3.63) is 59.9 Å². The first kappa shape index (κ1) is 14.5. The van der Waals surface area contributed by atoms with E-state index in [0.29, 0.717) is 0 Å². The lowest BCUT2D eigenvalue weighted by atomic mass is 10.1. The Morgan fingerprint density at radius 3 is 2.70 bits per heavy atom. The zero-order chi connectivity index (χ0) is 14.4. The Morgan fingerprint density at radius 1 is 1.15 bits per heavy atom. The standard InChI is InChI=1S/C17H22N2O/c1-13(2)20-17-8-4-7-16(10-17)14(3)19-12-15-6-5-9-18-11-15/h4-11,13-14,19H,12H2,1-3H3. The van der Waals surface area contributed by atoms with Gasteiger partial charge in [0.1, 0.15) is 5.75 Å². The summed E-state index contributed by atoms with van der Waals surface area (Å²) in [6.45, 7) is 7.04. The highest BCUT2D eigenvalue weighted by molar-refractivity contribution is 5.30. The third-order valence-corrected chi connectivity index (χ3v) is 3.07. The van der Waals surface area contributed by atoms with Gasteiger partial charge in [-0.15, -0.1) is 0 Å². The van der Waals surface area contributed by atoms with Crippen LogP contribution in [0.1, 0.15) is 37.9 Å². The van der Waals surface area contributed by atoms with E-state index in [1.165, 1.54) is 11.1 Å². The van der Waals surface area contributed by atoms with Gasteiger partial charge in [-0.2, -0.15) is 0 Å². The Bertz CT molecular complexity index is 526. The molecule has 0 fully saturated rings. The van der Waals surface area contributed by atoms with Crippen molar-refractivity contribution in [3.63, 3.8) is 0 Å². The predicted octanol–water partition coefficient (Wildman–Crippen LogP) is 3.72. The van der Waals surface area contributed by atoms with E-state index in [-0.39, 0.29) is 12.1 Å².